The summed E-state index contributed by atoms with van der Waals surface area (Å²) >= 11 is 1.40. The van der Waals surface area contributed by atoms with Gasteiger partial charge in [-0.3, -0.25) is 4.79 Å². The maximum Gasteiger partial charge on any atom is 0.178 e. The molecule has 0 bridgehead atoms. The highest BCUT2D eigenvalue weighted by Gasteiger charge is 2.34. The number of rotatable bonds is 5. The van der Waals surface area contributed by atoms with E-state index in [4.69, 9.17) is 10.5 Å². The number of anilines is 2. The van der Waals surface area contributed by atoms with Crippen molar-refractivity contribution in [3.05, 3.63) is 4.88 Å². The fourth-order valence-electron chi connectivity index (χ4n) is 1.70. The van der Waals surface area contributed by atoms with Gasteiger partial charge >= 0.3 is 0 Å². The first-order valence-corrected chi connectivity index (χ1v) is 6.63. The van der Waals surface area contributed by atoms with Gasteiger partial charge in [-0.25, -0.2) is 0 Å². The Balaban J connectivity index is 2.33. The molecule has 0 aromatic carbocycles. The minimum Gasteiger partial charge on any atom is -0.492 e. The molecule has 1 heterocycles. The van der Waals surface area contributed by atoms with Gasteiger partial charge in [-0.05, 0) is 26.7 Å². The van der Waals surface area contributed by atoms with Gasteiger partial charge < -0.3 is 15.8 Å². The van der Waals surface area contributed by atoms with Gasteiger partial charge in [0.25, 0.3) is 0 Å². The van der Waals surface area contributed by atoms with Gasteiger partial charge in [-0.1, -0.05) is 0 Å². The Labute approximate surface area is 105 Å². The Morgan fingerprint density at radius 1 is 1.53 bits per heavy atom. The number of nitrogens with two attached hydrogens (primary N) is 1. The van der Waals surface area contributed by atoms with Crippen molar-refractivity contribution in [1.82, 2.24) is 0 Å². The quantitative estimate of drug-likeness (QED) is 0.793. The number of ketones is 1. The van der Waals surface area contributed by atoms with E-state index in [0.29, 0.717) is 16.3 Å². The van der Waals surface area contributed by atoms with Crippen molar-refractivity contribution in [3.8, 4) is 5.75 Å². The number of thiophene rings is 1. The molecule has 1 aliphatic rings. The van der Waals surface area contributed by atoms with E-state index >= 15 is 0 Å². The smallest absolute Gasteiger partial charge is 0.178 e. The van der Waals surface area contributed by atoms with E-state index in [0.717, 1.165) is 17.8 Å². The van der Waals surface area contributed by atoms with Crippen molar-refractivity contribution >= 4 is 27.8 Å². The van der Waals surface area contributed by atoms with Crippen molar-refractivity contribution < 1.29 is 9.53 Å². The van der Waals surface area contributed by atoms with Gasteiger partial charge in [0.2, 0.25) is 0 Å². The molecule has 0 saturated heterocycles. The summed E-state index contributed by atoms with van der Waals surface area (Å²) in [6.45, 7) is 4.08. The highest BCUT2D eigenvalue weighted by molar-refractivity contribution is 7.19. The van der Waals surface area contributed by atoms with E-state index in [1.807, 2.05) is 13.8 Å². The number of methoxy groups -OCH3 is 1. The van der Waals surface area contributed by atoms with Crippen molar-refractivity contribution in [3.63, 3.8) is 0 Å². The number of hydrogen-bond donors (Lipinski definition) is 2. The lowest BCUT2D eigenvalue weighted by Crippen LogP contribution is -2.09. The van der Waals surface area contributed by atoms with Crippen molar-refractivity contribution in [2.24, 2.45) is 5.92 Å². The molecule has 3 N–H and O–H groups in total. The molecule has 0 atom stereocenters. The van der Waals surface area contributed by atoms with Crippen molar-refractivity contribution in [1.29, 1.82) is 0 Å². The van der Waals surface area contributed by atoms with Crippen LogP contribution in [0.15, 0.2) is 0 Å². The zero-order valence-corrected chi connectivity index (χ0v) is 11.2. The first-order chi connectivity index (χ1) is 8.04. The van der Waals surface area contributed by atoms with Crippen LogP contribution in [0.4, 0.5) is 10.7 Å². The van der Waals surface area contributed by atoms with Gasteiger partial charge in [0.05, 0.1) is 17.7 Å². The molecule has 1 aliphatic carbocycles. The predicted octanol–water partition coefficient (Wildman–Crippen LogP) is 2.75. The lowest BCUT2D eigenvalue weighted by molar-refractivity contribution is 0.0972. The molecule has 2 rings (SSSR count). The fraction of sp³-hybridized carbons (Fsp3) is 0.583. The summed E-state index contributed by atoms with van der Waals surface area (Å²) in [7, 11) is 1.58. The third kappa shape index (κ3) is 2.39. The van der Waals surface area contributed by atoms with Crippen molar-refractivity contribution in [2.45, 2.75) is 32.7 Å². The summed E-state index contributed by atoms with van der Waals surface area (Å²) in [4.78, 5) is 12.7. The zero-order valence-electron chi connectivity index (χ0n) is 10.4. The van der Waals surface area contributed by atoms with E-state index < -0.39 is 0 Å². The third-order valence-electron chi connectivity index (χ3n) is 2.70. The summed E-state index contributed by atoms with van der Waals surface area (Å²) in [5.74, 6) is 0.961. The van der Waals surface area contributed by atoms with Crippen LogP contribution in [0.1, 0.15) is 36.4 Å². The highest BCUT2D eigenvalue weighted by Crippen LogP contribution is 2.46. The Morgan fingerprint density at radius 2 is 2.18 bits per heavy atom. The largest absolute Gasteiger partial charge is 0.492 e. The summed E-state index contributed by atoms with van der Waals surface area (Å²) in [6, 6.07) is 0.283. The van der Waals surface area contributed by atoms with Crippen LogP contribution in [0.5, 0.6) is 5.75 Å². The monoisotopic (exact) mass is 254 g/mol. The maximum atomic E-state index is 12.0. The topological polar surface area (TPSA) is 64.3 Å². The van der Waals surface area contributed by atoms with Crippen LogP contribution in [-0.4, -0.2) is 18.9 Å². The molecule has 0 aliphatic heterocycles. The third-order valence-corrected chi connectivity index (χ3v) is 3.83. The first-order valence-electron chi connectivity index (χ1n) is 5.81. The normalized spacial score (nSPS) is 15.1. The van der Waals surface area contributed by atoms with Crippen LogP contribution >= 0.6 is 11.3 Å². The summed E-state index contributed by atoms with van der Waals surface area (Å²) in [5, 5.41) is 4.11. The molecule has 5 heteroatoms. The molecule has 0 radical (unpaired) electrons. The fourth-order valence-corrected chi connectivity index (χ4v) is 2.96. The molecular weight excluding hydrogens is 236 g/mol. The summed E-state index contributed by atoms with van der Waals surface area (Å²) < 4.78 is 5.28. The molecule has 4 nitrogen and oxygen atoms in total. The Hall–Kier alpha value is -1.23. The SMILES string of the molecule is COc1c(NC(C)C)sc(C(=O)C2CC2)c1N. The average Bonchev–Trinajstić information content (AvgIpc) is 3.04. The number of nitrogen functional groups attached to an aromatic ring is 1. The van der Waals surface area contributed by atoms with E-state index in [-0.39, 0.29) is 17.7 Å². The minimum absolute atomic E-state index is 0.169. The van der Waals surface area contributed by atoms with E-state index in [9.17, 15) is 4.79 Å². The van der Waals surface area contributed by atoms with Crippen LogP contribution < -0.4 is 15.8 Å². The molecule has 1 fully saturated rings. The molecule has 0 spiro atoms. The number of nitrogens with one attached hydrogen (secondary N) is 1. The lowest BCUT2D eigenvalue weighted by atomic mass is 10.2. The second kappa shape index (κ2) is 4.56. The van der Waals surface area contributed by atoms with Crippen LogP contribution in [-0.2, 0) is 0 Å². The molecule has 1 saturated carbocycles. The molecule has 94 valence electrons. The molecule has 0 unspecified atom stereocenters. The van der Waals surface area contributed by atoms with Crippen LogP contribution in [0, 0.1) is 5.92 Å². The molecule has 17 heavy (non-hydrogen) atoms. The first kappa shape index (κ1) is 12.2. The number of ether oxygens (including phenoxy) is 1. The predicted molar refractivity (Wildman–Crippen MR) is 71.1 cm³/mol. The van der Waals surface area contributed by atoms with E-state index in [1.54, 1.807) is 7.11 Å². The Kier molecular flexibility index (Phi) is 3.28. The zero-order chi connectivity index (χ0) is 12.6. The van der Waals surface area contributed by atoms with Gasteiger partial charge in [0, 0.05) is 12.0 Å². The standard InChI is InChI=1S/C12H18N2O2S/c1-6(2)14-12-10(16-3)8(13)11(17-12)9(15)7-4-5-7/h6-7,14H,4-5,13H2,1-3H3. The minimum atomic E-state index is 0.169. The second-order valence-corrected chi connectivity index (χ2v) is 5.67. The summed E-state index contributed by atoms with van der Waals surface area (Å²) in [5.41, 5.74) is 6.47. The van der Waals surface area contributed by atoms with Crippen LogP contribution in [0.3, 0.4) is 0 Å². The summed E-state index contributed by atoms with van der Waals surface area (Å²) in [6.07, 6.45) is 1.98. The van der Waals surface area contributed by atoms with Crippen LogP contribution in [0.2, 0.25) is 0 Å². The van der Waals surface area contributed by atoms with Gasteiger partial charge in [-0.15, -0.1) is 11.3 Å². The molecule has 1 aromatic heterocycles. The van der Waals surface area contributed by atoms with Gasteiger partial charge in [-0.2, -0.15) is 0 Å². The van der Waals surface area contributed by atoms with E-state index in [1.165, 1.54) is 11.3 Å². The Bertz CT molecular complexity index is 436. The lowest BCUT2D eigenvalue weighted by Gasteiger charge is -2.09. The second-order valence-electron chi connectivity index (χ2n) is 4.64. The van der Waals surface area contributed by atoms with Crippen LogP contribution in [0.25, 0.3) is 0 Å². The van der Waals surface area contributed by atoms with Gasteiger partial charge in [0.15, 0.2) is 11.5 Å². The average molecular weight is 254 g/mol. The molecule has 0 amide bonds. The maximum absolute atomic E-state index is 12.0. The van der Waals surface area contributed by atoms with Gasteiger partial charge in [0.1, 0.15) is 5.00 Å². The number of carbonyl (C=O) groups is 1. The number of Topliss-reactive ketones (excluding diaryl/α,β-unsaturated/α-hetero) is 1. The van der Waals surface area contributed by atoms with E-state index in [2.05, 4.69) is 5.32 Å². The molecule has 1 aromatic rings. The number of carbonyl (C=O) groups excluding carboxylic acids is 1. The highest BCUT2D eigenvalue weighted by atomic mass is 32.1. The number of hydrogen-bond acceptors (Lipinski definition) is 5. The van der Waals surface area contributed by atoms with Crippen molar-refractivity contribution in [2.75, 3.05) is 18.2 Å². The Morgan fingerprint density at radius 3 is 2.65 bits per heavy atom. The molecular formula is C12H18N2O2S.